The van der Waals surface area contributed by atoms with Crippen LogP contribution in [0.25, 0.3) is 0 Å². The van der Waals surface area contributed by atoms with Crippen molar-refractivity contribution in [3.63, 3.8) is 0 Å². The van der Waals surface area contributed by atoms with Crippen molar-refractivity contribution >= 4 is 21.6 Å². The van der Waals surface area contributed by atoms with E-state index in [0.29, 0.717) is 5.69 Å². The van der Waals surface area contributed by atoms with Gasteiger partial charge in [0.05, 0.1) is 6.54 Å². The number of hydrogen-bond donors (Lipinski definition) is 1. The second-order valence-electron chi connectivity index (χ2n) is 6.83. The second kappa shape index (κ2) is 8.98. The lowest BCUT2D eigenvalue weighted by molar-refractivity contribution is -0.117. The summed E-state index contributed by atoms with van der Waals surface area (Å²) in [6.45, 7) is 2.82. The standard InChI is InChI=1S/C20H23F2N3O3S/c1-2-15-5-3-6-16(13-15)23-19(26)14-24-9-11-25(12-10-24)29(27,28)20-17(21)7-4-8-18(20)22/h3-8,13H,2,9-12,14H2,1H3,(H,23,26). The molecule has 0 radical (unpaired) electrons. The molecule has 156 valence electrons. The van der Waals surface area contributed by atoms with Crippen molar-refractivity contribution in [1.29, 1.82) is 0 Å². The van der Waals surface area contributed by atoms with Crippen LogP contribution in [0.4, 0.5) is 14.5 Å². The molecule has 6 nitrogen and oxygen atoms in total. The highest BCUT2D eigenvalue weighted by atomic mass is 32.2. The summed E-state index contributed by atoms with van der Waals surface area (Å²) in [6, 6.07) is 10.5. The Morgan fingerprint density at radius 1 is 1.03 bits per heavy atom. The minimum absolute atomic E-state index is 0.0503. The van der Waals surface area contributed by atoms with Crippen LogP contribution < -0.4 is 5.32 Å². The van der Waals surface area contributed by atoms with Crippen LogP contribution in [0.1, 0.15) is 12.5 Å². The Bertz CT molecular complexity index is 970. The molecule has 0 aromatic heterocycles. The van der Waals surface area contributed by atoms with Crippen molar-refractivity contribution in [1.82, 2.24) is 9.21 Å². The average molecular weight is 423 g/mol. The number of nitrogens with one attached hydrogen (secondary N) is 1. The largest absolute Gasteiger partial charge is 0.325 e. The van der Waals surface area contributed by atoms with Gasteiger partial charge in [-0.2, -0.15) is 4.31 Å². The number of anilines is 1. The first-order chi connectivity index (χ1) is 13.8. The number of sulfonamides is 1. The Kier molecular flexibility index (Phi) is 6.61. The molecule has 3 rings (SSSR count). The van der Waals surface area contributed by atoms with Crippen LogP contribution in [0.5, 0.6) is 0 Å². The number of halogens is 2. The van der Waals surface area contributed by atoms with Gasteiger partial charge in [-0.3, -0.25) is 9.69 Å². The van der Waals surface area contributed by atoms with Crippen LogP contribution in [0.3, 0.4) is 0 Å². The second-order valence-corrected chi connectivity index (χ2v) is 8.71. The molecule has 1 heterocycles. The first-order valence-electron chi connectivity index (χ1n) is 9.36. The van der Waals surface area contributed by atoms with Crippen LogP contribution in [-0.4, -0.2) is 56.3 Å². The van der Waals surface area contributed by atoms with Gasteiger partial charge < -0.3 is 5.32 Å². The fourth-order valence-corrected chi connectivity index (χ4v) is 4.79. The minimum atomic E-state index is -4.28. The molecule has 1 saturated heterocycles. The molecular formula is C20H23F2N3O3S. The van der Waals surface area contributed by atoms with E-state index >= 15 is 0 Å². The maximum absolute atomic E-state index is 13.9. The third-order valence-electron chi connectivity index (χ3n) is 4.83. The zero-order valence-electron chi connectivity index (χ0n) is 16.1. The highest BCUT2D eigenvalue weighted by Gasteiger charge is 2.33. The van der Waals surface area contributed by atoms with Crippen molar-refractivity contribution in [3.8, 4) is 0 Å². The zero-order valence-corrected chi connectivity index (χ0v) is 16.9. The van der Waals surface area contributed by atoms with Gasteiger partial charge in [0.25, 0.3) is 0 Å². The zero-order chi connectivity index (χ0) is 21.0. The molecule has 0 atom stereocenters. The molecule has 2 aromatic rings. The Labute approximate surface area is 169 Å². The molecule has 1 aliphatic heterocycles. The number of rotatable bonds is 6. The van der Waals surface area contributed by atoms with Crippen molar-refractivity contribution in [3.05, 3.63) is 59.7 Å². The minimum Gasteiger partial charge on any atom is -0.325 e. The molecule has 9 heteroatoms. The number of piperazine rings is 1. The van der Waals surface area contributed by atoms with Gasteiger partial charge in [0.15, 0.2) is 4.90 Å². The average Bonchev–Trinajstić information content (AvgIpc) is 2.68. The number of carbonyl (C=O) groups excluding carboxylic acids is 1. The van der Waals surface area contributed by atoms with Gasteiger partial charge in [-0.1, -0.05) is 25.1 Å². The highest BCUT2D eigenvalue weighted by molar-refractivity contribution is 7.89. The highest BCUT2D eigenvalue weighted by Crippen LogP contribution is 2.23. The van der Waals surface area contributed by atoms with E-state index in [2.05, 4.69) is 5.32 Å². The van der Waals surface area contributed by atoms with E-state index in [4.69, 9.17) is 0 Å². The quantitative estimate of drug-likeness (QED) is 0.775. The van der Waals surface area contributed by atoms with Gasteiger partial charge in [-0.25, -0.2) is 17.2 Å². The SMILES string of the molecule is CCc1cccc(NC(=O)CN2CCN(S(=O)(=O)c3c(F)cccc3F)CC2)c1. The lowest BCUT2D eigenvalue weighted by Gasteiger charge is -2.33. The molecule has 1 N–H and O–H groups in total. The molecular weight excluding hydrogens is 400 g/mol. The summed E-state index contributed by atoms with van der Waals surface area (Å²) in [7, 11) is -4.28. The van der Waals surface area contributed by atoms with Crippen LogP contribution in [0.2, 0.25) is 0 Å². The maximum atomic E-state index is 13.9. The van der Waals surface area contributed by atoms with Crippen LogP contribution >= 0.6 is 0 Å². The van der Waals surface area contributed by atoms with E-state index in [9.17, 15) is 22.0 Å². The number of carbonyl (C=O) groups is 1. The Balaban J connectivity index is 1.58. The molecule has 1 aliphatic rings. The number of hydrogen-bond acceptors (Lipinski definition) is 4. The number of aryl methyl sites for hydroxylation is 1. The lowest BCUT2D eigenvalue weighted by Crippen LogP contribution is -2.50. The predicted molar refractivity (Wildman–Crippen MR) is 106 cm³/mol. The van der Waals surface area contributed by atoms with Gasteiger partial charge >= 0.3 is 0 Å². The van der Waals surface area contributed by atoms with Crippen molar-refractivity contribution < 1.29 is 22.0 Å². The first kappa shape index (κ1) is 21.4. The van der Waals surface area contributed by atoms with Gasteiger partial charge in [0.2, 0.25) is 15.9 Å². The smallest absolute Gasteiger partial charge is 0.249 e. The summed E-state index contributed by atoms with van der Waals surface area (Å²) < 4.78 is 54.1. The summed E-state index contributed by atoms with van der Waals surface area (Å²) in [6.07, 6.45) is 0.864. The Morgan fingerprint density at radius 3 is 2.28 bits per heavy atom. The van der Waals surface area contributed by atoms with E-state index in [0.717, 1.165) is 34.5 Å². The van der Waals surface area contributed by atoms with Gasteiger partial charge in [-0.05, 0) is 36.2 Å². The molecule has 0 aliphatic carbocycles. The topological polar surface area (TPSA) is 69.7 Å². The van der Waals surface area contributed by atoms with Gasteiger partial charge in [0.1, 0.15) is 11.6 Å². The molecule has 0 spiro atoms. The fraction of sp³-hybridized carbons (Fsp3) is 0.350. The summed E-state index contributed by atoms with van der Waals surface area (Å²) in [5.74, 6) is -2.42. The monoisotopic (exact) mass is 423 g/mol. The van der Waals surface area contributed by atoms with E-state index in [1.807, 2.05) is 36.1 Å². The van der Waals surface area contributed by atoms with Crippen LogP contribution in [0, 0.1) is 11.6 Å². The summed E-state index contributed by atoms with van der Waals surface area (Å²) in [4.78, 5) is 13.2. The molecule has 1 amide bonds. The maximum Gasteiger partial charge on any atom is 0.249 e. The lowest BCUT2D eigenvalue weighted by atomic mass is 10.1. The molecule has 0 bridgehead atoms. The molecule has 2 aromatic carbocycles. The molecule has 1 fully saturated rings. The van der Waals surface area contributed by atoms with E-state index in [1.54, 1.807) is 0 Å². The normalized spacial score (nSPS) is 16.0. The number of amides is 1. The van der Waals surface area contributed by atoms with Crippen LogP contribution in [-0.2, 0) is 21.2 Å². The van der Waals surface area contributed by atoms with E-state index < -0.39 is 26.6 Å². The fourth-order valence-electron chi connectivity index (χ4n) is 3.26. The van der Waals surface area contributed by atoms with Crippen LogP contribution in [0.15, 0.2) is 47.4 Å². The Morgan fingerprint density at radius 2 is 1.66 bits per heavy atom. The van der Waals surface area contributed by atoms with Gasteiger partial charge in [-0.15, -0.1) is 0 Å². The first-order valence-corrected chi connectivity index (χ1v) is 10.8. The molecule has 29 heavy (non-hydrogen) atoms. The Hall–Kier alpha value is -2.36. The number of benzene rings is 2. The summed E-state index contributed by atoms with van der Waals surface area (Å²) in [5, 5.41) is 2.83. The van der Waals surface area contributed by atoms with Crippen molar-refractivity contribution in [2.75, 3.05) is 38.0 Å². The summed E-state index contributed by atoms with van der Waals surface area (Å²) >= 11 is 0. The van der Waals surface area contributed by atoms with Crippen molar-refractivity contribution in [2.24, 2.45) is 0 Å². The molecule has 0 unspecified atom stereocenters. The third-order valence-corrected chi connectivity index (χ3v) is 6.79. The third kappa shape index (κ3) is 4.98. The summed E-state index contributed by atoms with van der Waals surface area (Å²) in [5.41, 5.74) is 1.83. The number of nitrogens with zero attached hydrogens (tertiary/aromatic N) is 2. The van der Waals surface area contributed by atoms with Gasteiger partial charge in [0, 0.05) is 31.9 Å². The predicted octanol–water partition coefficient (Wildman–Crippen LogP) is 2.47. The van der Waals surface area contributed by atoms with E-state index in [-0.39, 0.29) is 38.6 Å². The van der Waals surface area contributed by atoms with Crippen molar-refractivity contribution in [2.45, 2.75) is 18.2 Å². The molecule has 0 saturated carbocycles. The van der Waals surface area contributed by atoms with E-state index in [1.165, 1.54) is 0 Å².